The lowest BCUT2D eigenvalue weighted by atomic mass is 9.75. The van der Waals surface area contributed by atoms with Crippen LogP contribution in [0.2, 0.25) is 0 Å². The molecule has 0 bridgehead atoms. The van der Waals surface area contributed by atoms with Gasteiger partial charge in [0, 0.05) is 20.1 Å². The van der Waals surface area contributed by atoms with Crippen molar-refractivity contribution in [2.75, 3.05) is 14.1 Å². The zero-order chi connectivity index (χ0) is 14.0. The van der Waals surface area contributed by atoms with Gasteiger partial charge < -0.3 is 10.2 Å². The second-order valence-corrected chi connectivity index (χ2v) is 5.90. The molecule has 1 aromatic rings. The van der Waals surface area contributed by atoms with E-state index in [4.69, 9.17) is 0 Å². The minimum Gasteiger partial charge on any atom is -0.347 e. The molecule has 1 fully saturated rings. The predicted octanol–water partition coefficient (Wildman–Crippen LogP) is 2.31. The van der Waals surface area contributed by atoms with Crippen LogP contribution in [0.1, 0.15) is 36.8 Å². The third kappa shape index (κ3) is 3.35. The van der Waals surface area contributed by atoms with E-state index in [-0.39, 0.29) is 11.9 Å². The summed E-state index contributed by atoms with van der Waals surface area (Å²) < 4.78 is 0. The summed E-state index contributed by atoms with van der Waals surface area (Å²) in [5, 5.41) is 3.42. The summed E-state index contributed by atoms with van der Waals surface area (Å²) in [7, 11) is 3.60. The van der Waals surface area contributed by atoms with Gasteiger partial charge in [0.1, 0.15) is 0 Å². The van der Waals surface area contributed by atoms with Crippen molar-refractivity contribution in [3.63, 3.8) is 0 Å². The number of benzene rings is 1. The van der Waals surface area contributed by atoms with Crippen molar-refractivity contribution in [2.45, 2.75) is 44.7 Å². The van der Waals surface area contributed by atoms with Crippen LogP contribution in [0.15, 0.2) is 24.3 Å². The summed E-state index contributed by atoms with van der Waals surface area (Å²) in [6, 6.07) is 9.14. The average Bonchev–Trinajstić information content (AvgIpc) is 2.31. The quantitative estimate of drug-likeness (QED) is 0.901. The number of carbonyl (C=O) groups is 1. The van der Waals surface area contributed by atoms with Crippen LogP contribution in [-0.2, 0) is 4.79 Å². The largest absolute Gasteiger partial charge is 0.347 e. The Bertz CT molecular complexity index is 450. The van der Waals surface area contributed by atoms with Crippen LogP contribution in [0.3, 0.4) is 0 Å². The lowest BCUT2D eigenvalue weighted by molar-refractivity contribution is -0.130. The molecular weight excluding hydrogens is 236 g/mol. The van der Waals surface area contributed by atoms with Crippen molar-refractivity contribution in [1.29, 1.82) is 0 Å². The third-order valence-electron chi connectivity index (χ3n) is 3.95. The summed E-state index contributed by atoms with van der Waals surface area (Å²) in [5.41, 5.74) is 2.76. The van der Waals surface area contributed by atoms with Crippen LogP contribution in [0.5, 0.6) is 0 Å². The van der Waals surface area contributed by atoms with Gasteiger partial charge in [0.05, 0.1) is 6.04 Å². The number of nitrogens with one attached hydrogen (secondary N) is 1. The maximum Gasteiger partial charge on any atom is 0.238 e. The predicted molar refractivity (Wildman–Crippen MR) is 78.2 cm³/mol. The normalized spacial score (nSPS) is 23.6. The Morgan fingerprint density at radius 1 is 1.37 bits per heavy atom. The zero-order valence-corrected chi connectivity index (χ0v) is 12.3. The van der Waals surface area contributed by atoms with Gasteiger partial charge in [0.15, 0.2) is 0 Å². The Balaban J connectivity index is 1.82. The first-order valence-electron chi connectivity index (χ1n) is 7.01. The number of nitrogens with zero attached hydrogens (tertiary/aromatic N) is 1. The number of carbonyl (C=O) groups excluding carboxylic acids is 1. The molecule has 19 heavy (non-hydrogen) atoms. The van der Waals surface area contributed by atoms with E-state index in [1.807, 2.05) is 6.92 Å². The first-order valence-corrected chi connectivity index (χ1v) is 7.01. The molecule has 1 atom stereocenters. The van der Waals surface area contributed by atoms with Gasteiger partial charge in [-0.3, -0.25) is 4.79 Å². The summed E-state index contributed by atoms with van der Waals surface area (Å²) in [5.74, 6) is 0.804. The first-order chi connectivity index (χ1) is 8.97. The molecule has 3 heteroatoms. The van der Waals surface area contributed by atoms with Crippen molar-refractivity contribution in [2.24, 2.45) is 0 Å². The summed E-state index contributed by atoms with van der Waals surface area (Å²) >= 11 is 0. The van der Waals surface area contributed by atoms with Gasteiger partial charge in [-0.1, -0.05) is 29.8 Å². The van der Waals surface area contributed by atoms with Crippen LogP contribution in [-0.4, -0.2) is 37.0 Å². The topological polar surface area (TPSA) is 32.3 Å². The van der Waals surface area contributed by atoms with Crippen molar-refractivity contribution in [3.05, 3.63) is 35.4 Å². The lowest BCUT2D eigenvalue weighted by Gasteiger charge is -2.38. The molecule has 1 aliphatic carbocycles. The molecule has 2 rings (SSSR count). The molecule has 1 aromatic carbocycles. The maximum absolute atomic E-state index is 11.8. The number of rotatable bonds is 4. The Labute approximate surface area is 116 Å². The number of aryl methyl sites for hydroxylation is 1. The molecule has 1 aliphatic rings. The molecule has 0 spiro atoms. The van der Waals surface area contributed by atoms with E-state index < -0.39 is 0 Å². The van der Waals surface area contributed by atoms with Crippen LogP contribution in [0.4, 0.5) is 0 Å². The highest BCUT2D eigenvalue weighted by atomic mass is 16.2. The van der Waals surface area contributed by atoms with Gasteiger partial charge in [0.2, 0.25) is 5.91 Å². The summed E-state index contributed by atoms with van der Waals surface area (Å²) in [4.78, 5) is 13.4. The van der Waals surface area contributed by atoms with Crippen molar-refractivity contribution < 1.29 is 4.79 Å². The highest BCUT2D eigenvalue weighted by molar-refractivity contribution is 5.80. The molecule has 3 nitrogen and oxygen atoms in total. The number of hydrogen-bond acceptors (Lipinski definition) is 2. The van der Waals surface area contributed by atoms with Crippen LogP contribution >= 0.6 is 0 Å². The first kappa shape index (κ1) is 14.1. The molecule has 0 aliphatic heterocycles. The van der Waals surface area contributed by atoms with E-state index in [2.05, 4.69) is 36.5 Å². The van der Waals surface area contributed by atoms with E-state index in [9.17, 15) is 4.79 Å². The fourth-order valence-corrected chi connectivity index (χ4v) is 2.76. The molecule has 1 unspecified atom stereocenters. The lowest BCUT2D eigenvalue weighted by Crippen LogP contribution is -2.50. The number of amides is 1. The van der Waals surface area contributed by atoms with E-state index in [1.54, 1.807) is 19.0 Å². The van der Waals surface area contributed by atoms with Gasteiger partial charge >= 0.3 is 0 Å². The fourth-order valence-electron chi connectivity index (χ4n) is 2.76. The van der Waals surface area contributed by atoms with Gasteiger partial charge in [0.25, 0.3) is 0 Å². The highest BCUT2D eigenvalue weighted by Crippen LogP contribution is 2.37. The fraction of sp³-hybridized carbons (Fsp3) is 0.562. The molecule has 0 aromatic heterocycles. The molecule has 0 heterocycles. The summed E-state index contributed by atoms with van der Waals surface area (Å²) in [6.07, 6.45) is 2.27. The van der Waals surface area contributed by atoms with Gasteiger partial charge in [-0.05, 0) is 38.2 Å². The SMILES string of the molecule is Cc1cccc(C2CC(NC(C)C(=O)N(C)C)C2)c1. The molecule has 1 saturated carbocycles. The average molecular weight is 260 g/mol. The van der Waals surface area contributed by atoms with Gasteiger partial charge in [-0.2, -0.15) is 0 Å². The molecule has 1 amide bonds. The standard InChI is InChI=1S/C16H24N2O/c1-11-6-5-7-13(8-11)14-9-15(10-14)17-12(2)16(19)18(3)4/h5-8,12,14-15,17H,9-10H2,1-4H3. The molecule has 104 valence electrons. The number of likely N-dealkylation sites (N-methyl/N-ethyl adjacent to an activating group) is 1. The molecular formula is C16H24N2O. The van der Waals surface area contributed by atoms with Gasteiger partial charge in [-0.15, -0.1) is 0 Å². The van der Waals surface area contributed by atoms with Crippen LogP contribution in [0, 0.1) is 6.92 Å². The summed E-state index contributed by atoms with van der Waals surface area (Å²) in [6.45, 7) is 4.08. The minimum atomic E-state index is -0.0848. The van der Waals surface area contributed by atoms with Crippen molar-refractivity contribution in [3.8, 4) is 0 Å². The second-order valence-electron chi connectivity index (χ2n) is 5.90. The third-order valence-corrected chi connectivity index (χ3v) is 3.95. The monoisotopic (exact) mass is 260 g/mol. The van der Waals surface area contributed by atoms with E-state index in [0.717, 1.165) is 12.8 Å². The Hall–Kier alpha value is -1.35. The van der Waals surface area contributed by atoms with Crippen LogP contribution < -0.4 is 5.32 Å². The molecule has 0 radical (unpaired) electrons. The smallest absolute Gasteiger partial charge is 0.238 e. The Morgan fingerprint density at radius 2 is 2.05 bits per heavy atom. The van der Waals surface area contributed by atoms with Gasteiger partial charge in [-0.25, -0.2) is 0 Å². The van der Waals surface area contributed by atoms with Crippen LogP contribution in [0.25, 0.3) is 0 Å². The molecule has 1 N–H and O–H groups in total. The van der Waals surface area contributed by atoms with Crippen molar-refractivity contribution >= 4 is 5.91 Å². The zero-order valence-electron chi connectivity index (χ0n) is 12.3. The van der Waals surface area contributed by atoms with E-state index in [0.29, 0.717) is 12.0 Å². The Morgan fingerprint density at radius 3 is 2.63 bits per heavy atom. The maximum atomic E-state index is 11.8. The van der Waals surface area contributed by atoms with E-state index >= 15 is 0 Å². The molecule has 0 saturated heterocycles. The number of hydrogen-bond donors (Lipinski definition) is 1. The second kappa shape index (κ2) is 5.74. The van der Waals surface area contributed by atoms with Crippen molar-refractivity contribution in [1.82, 2.24) is 10.2 Å². The van der Waals surface area contributed by atoms with E-state index in [1.165, 1.54) is 11.1 Å². The highest BCUT2D eigenvalue weighted by Gasteiger charge is 2.32. The minimum absolute atomic E-state index is 0.0848. The Kier molecular flexibility index (Phi) is 4.25.